The number of fused-ring (bicyclic) bond motifs is 2. The van der Waals surface area contributed by atoms with Crippen LogP contribution in [0.5, 0.6) is 11.5 Å². The number of benzene rings is 2. The average molecular weight is 402 g/mol. The summed E-state index contributed by atoms with van der Waals surface area (Å²) in [4.78, 5) is 14.0. The number of nitrogens with one attached hydrogen (secondary N) is 1. The standard InChI is InChI=1S/C20H22N2O5S/c1-2-9-22-17-6-4-15(12-14(17)3-8-20(22)23)21-28(24,25)16-5-7-18-19(13-16)27-11-10-26-18/h4-7,12-13,21H,2-3,8-11H2,1H3. The van der Waals surface area contributed by atoms with Crippen molar-refractivity contribution in [3.05, 3.63) is 42.0 Å². The Hall–Kier alpha value is -2.74. The molecule has 2 aromatic rings. The Bertz CT molecular complexity index is 1020. The van der Waals surface area contributed by atoms with E-state index in [0.717, 1.165) is 17.7 Å². The Morgan fingerprint density at radius 1 is 1.04 bits per heavy atom. The Labute approximate surface area is 164 Å². The molecular formula is C20H22N2O5S. The van der Waals surface area contributed by atoms with Gasteiger partial charge in [-0.25, -0.2) is 8.42 Å². The fourth-order valence-corrected chi connectivity index (χ4v) is 4.56. The maximum absolute atomic E-state index is 12.8. The van der Waals surface area contributed by atoms with Gasteiger partial charge in [-0.1, -0.05) is 6.92 Å². The first-order valence-corrected chi connectivity index (χ1v) is 10.8. The highest BCUT2D eigenvalue weighted by molar-refractivity contribution is 7.92. The lowest BCUT2D eigenvalue weighted by Crippen LogP contribution is -2.35. The number of aryl methyl sites for hydroxylation is 1. The molecule has 28 heavy (non-hydrogen) atoms. The summed E-state index contributed by atoms with van der Waals surface area (Å²) in [5, 5.41) is 0. The summed E-state index contributed by atoms with van der Waals surface area (Å²) in [6.07, 6.45) is 1.91. The number of sulfonamides is 1. The predicted molar refractivity (Wildman–Crippen MR) is 106 cm³/mol. The lowest BCUT2D eigenvalue weighted by molar-refractivity contribution is -0.118. The van der Waals surface area contributed by atoms with Crippen LogP contribution in [0.1, 0.15) is 25.3 Å². The second-order valence-corrected chi connectivity index (χ2v) is 8.48. The third-order valence-corrected chi connectivity index (χ3v) is 6.18. The van der Waals surface area contributed by atoms with Crippen LogP contribution in [-0.2, 0) is 21.2 Å². The molecule has 0 spiro atoms. The van der Waals surface area contributed by atoms with Crippen molar-refractivity contribution in [3.63, 3.8) is 0 Å². The van der Waals surface area contributed by atoms with E-state index in [1.807, 2.05) is 13.0 Å². The second-order valence-electron chi connectivity index (χ2n) is 6.80. The van der Waals surface area contributed by atoms with Crippen LogP contribution in [-0.4, -0.2) is 34.1 Å². The van der Waals surface area contributed by atoms with Crippen LogP contribution in [0.4, 0.5) is 11.4 Å². The summed E-state index contributed by atoms with van der Waals surface area (Å²) >= 11 is 0. The summed E-state index contributed by atoms with van der Waals surface area (Å²) in [5.74, 6) is 1.08. The number of hydrogen-bond donors (Lipinski definition) is 1. The van der Waals surface area contributed by atoms with Gasteiger partial charge in [0.2, 0.25) is 5.91 Å². The smallest absolute Gasteiger partial charge is 0.262 e. The van der Waals surface area contributed by atoms with E-state index in [9.17, 15) is 13.2 Å². The quantitative estimate of drug-likeness (QED) is 0.831. The molecule has 1 N–H and O–H groups in total. The third kappa shape index (κ3) is 3.52. The van der Waals surface area contributed by atoms with Gasteiger partial charge in [-0.2, -0.15) is 0 Å². The van der Waals surface area contributed by atoms with Crippen LogP contribution in [0.25, 0.3) is 0 Å². The van der Waals surface area contributed by atoms with E-state index in [4.69, 9.17) is 9.47 Å². The molecule has 0 unspecified atom stereocenters. The van der Waals surface area contributed by atoms with Gasteiger partial charge in [0, 0.05) is 30.4 Å². The summed E-state index contributed by atoms with van der Waals surface area (Å²) in [6.45, 7) is 3.53. The zero-order chi connectivity index (χ0) is 19.7. The van der Waals surface area contributed by atoms with Gasteiger partial charge in [0.15, 0.2) is 11.5 Å². The molecule has 2 heterocycles. The monoisotopic (exact) mass is 402 g/mol. The number of nitrogens with zero attached hydrogens (tertiary/aromatic N) is 1. The van der Waals surface area contributed by atoms with Gasteiger partial charge in [0.1, 0.15) is 13.2 Å². The predicted octanol–water partition coefficient (Wildman–Crippen LogP) is 2.95. The molecule has 0 saturated heterocycles. The van der Waals surface area contributed by atoms with E-state index in [1.54, 1.807) is 23.1 Å². The molecule has 7 nitrogen and oxygen atoms in total. The minimum absolute atomic E-state index is 0.109. The Balaban J connectivity index is 1.60. The number of hydrogen-bond acceptors (Lipinski definition) is 5. The van der Waals surface area contributed by atoms with Gasteiger partial charge in [0.25, 0.3) is 10.0 Å². The highest BCUT2D eigenvalue weighted by Crippen LogP contribution is 2.34. The lowest BCUT2D eigenvalue weighted by atomic mass is 10.0. The number of carbonyl (C=O) groups is 1. The van der Waals surface area contributed by atoms with Crippen molar-refractivity contribution in [2.45, 2.75) is 31.1 Å². The van der Waals surface area contributed by atoms with Crippen molar-refractivity contribution in [1.29, 1.82) is 0 Å². The third-order valence-electron chi connectivity index (χ3n) is 4.80. The van der Waals surface area contributed by atoms with Crippen LogP contribution in [0, 0.1) is 0 Å². The zero-order valence-electron chi connectivity index (χ0n) is 15.6. The van der Waals surface area contributed by atoms with Crippen molar-refractivity contribution in [2.75, 3.05) is 29.4 Å². The molecule has 1 amide bonds. The molecule has 0 aromatic heterocycles. The molecule has 2 aliphatic heterocycles. The highest BCUT2D eigenvalue weighted by atomic mass is 32.2. The van der Waals surface area contributed by atoms with Gasteiger partial charge >= 0.3 is 0 Å². The summed E-state index contributed by atoms with van der Waals surface area (Å²) in [5.41, 5.74) is 2.30. The second kappa shape index (κ2) is 7.35. The van der Waals surface area contributed by atoms with Crippen LogP contribution < -0.4 is 19.1 Å². The van der Waals surface area contributed by atoms with Gasteiger partial charge in [-0.05, 0) is 48.7 Å². The molecular weight excluding hydrogens is 380 g/mol. The number of rotatable bonds is 5. The minimum Gasteiger partial charge on any atom is -0.486 e. The van der Waals surface area contributed by atoms with E-state index in [0.29, 0.717) is 49.8 Å². The summed E-state index contributed by atoms with van der Waals surface area (Å²) < 4.78 is 39.1. The molecule has 148 valence electrons. The van der Waals surface area contributed by atoms with Crippen LogP contribution in [0.15, 0.2) is 41.3 Å². The molecule has 2 aliphatic rings. The molecule has 0 atom stereocenters. The molecule has 2 aromatic carbocycles. The fraction of sp³-hybridized carbons (Fsp3) is 0.350. The topological polar surface area (TPSA) is 84.9 Å². The van der Waals surface area contributed by atoms with E-state index >= 15 is 0 Å². The normalized spacial score (nSPS) is 15.9. The van der Waals surface area contributed by atoms with Gasteiger partial charge in [-0.3, -0.25) is 9.52 Å². The van der Waals surface area contributed by atoms with Crippen LogP contribution >= 0.6 is 0 Å². The lowest BCUT2D eigenvalue weighted by Gasteiger charge is -2.29. The van der Waals surface area contributed by atoms with Crippen molar-refractivity contribution >= 4 is 27.3 Å². The summed E-state index contributed by atoms with van der Waals surface area (Å²) in [6, 6.07) is 9.87. The first kappa shape index (κ1) is 18.6. The van der Waals surface area contributed by atoms with Gasteiger partial charge < -0.3 is 14.4 Å². The zero-order valence-corrected chi connectivity index (χ0v) is 16.4. The highest BCUT2D eigenvalue weighted by Gasteiger charge is 2.25. The average Bonchev–Trinajstić information content (AvgIpc) is 2.69. The van der Waals surface area contributed by atoms with Crippen molar-refractivity contribution in [3.8, 4) is 11.5 Å². The molecule has 4 rings (SSSR count). The minimum atomic E-state index is -3.77. The number of carbonyl (C=O) groups excluding carboxylic acids is 1. The Kier molecular flexibility index (Phi) is 4.89. The van der Waals surface area contributed by atoms with Crippen molar-refractivity contribution < 1.29 is 22.7 Å². The van der Waals surface area contributed by atoms with Crippen LogP contribution in [0.3, 0.4) is 0 Å². The Morgan fingerprint density at radius 2 is 1.82 bits per heavy atom. The molecule has 0 aliphatic carbocycles. The molecule has 8 heteroatoms. The van der Waals surface area contributed by atoms with Gasteiger partial charge in [0.05, 0.1) is 4.90 Å². The first-order chi connectivity index (χ1) is 13.5. The van der Waals surface area contributed by atoms with Crippen molar-refractivity contribution in [1.82, 2.24) is 0 Å². The maximum Gasteiger partial charge on any atom is 0.262 e. The van der Waals surface area contributed by atoms with E-state index < -0.39 is 10.0 Å². The first-order valence-electron chi connectivity index (χ1n) is 9.34. The molecule has 0 radical (unpaired) electrons. The molecule has 0 bridgehead atoms. The SMILES string of the molecule is CCCN1C(=O)CCc2cc(NS(=O)(=O)c3ccc4c(c3)OCCO4)ccc21. The summed E-state index contributed by atoms with van der Waals surface area (Å²) in [7, 11) is -3.77. The van der Waals surface area contributed by atoms with Gasteiger partial charge in [-0.15, -0.1) is 0 Å². The number of ether oxygens (including phenoxy) is 2. The maximum atomic E-state index is 12.8. The largest absolute Gasteiger partial charge is 0.486 e. The van der Waals surface area contributed by atoms with Crippen molar-refractivity contribution in [2.24, 2.45) is 0 Å². The van der Waals surface area contributed by atoms with E-state index in [1.165, 1.54) is 12.1 Å². The number of amides is 1. The number of anilines is 2. The van der Waals surface area contributed by atoms with Crippen LogP contribution in [0.2, 0.25) is 0 Å². The van der Waals surface area contributed by atoms with E-state index in [-0.39, 0.29) is 10.8 Å². The molecule has 0 saturated carbocycles. The molecule has 0 fully saturated rings. The fourth-order valence-electron chi connectivity index (χ4n) is 3.50. The Morgan fingerprint density at radius 3 is 2.61 bits per heavy atom. The van der Waals surface area contributed by atoms with E-state index in [2.05, 4.69) is 4.72 Å².